The fourth-order valence-electron chi connectivity index (χ4n) is 5.49. The van der Waals surface area contributed by atoms with Gasteiger partial charge in [0.15, 0.2) is 0 Å². The van der Waals surface area contributed by atoms with Crippen LogP contribution in [0.25, 0.3) is 0 Å². The van der Waals surface area contributed by atoms with Gasteiger partial charge in [0.25, 0.3) is 0 Å². The zero-order valence-corrected chi connectivity index (χ0v) is 22.6. The molecule has 5 nitrogen and oxygen atoms in total. The molecule has 1 aromatic rings. The Balaban J connectivity index is 1.85. The maximum absolute atomic E-state index is 13.1. The Kier molecular flexibility index (Phi) is 9.99. The number of hydrogen-bond acceptors (Lipinski definition) is 5. The van der Waals surface area contributed by atoms with Gasteiger partial charge in [-0.05, 0) is 77.0 Å². The van der Waals surface area contributed by atoms with Gasteiger partial charge < -0.3 is 9.84 Å². The highest BCUT2D eigenvalue weighted by atomic mass is 16.5. The van der Waals surface area contributed by atoms with Crippen molar-refractivity contribution in [2.45, 2.75) is 85.1 Å². The summed E-state index contributed by atoms with van der Waals surface area (Å²) in [5.41, 5.74) is 4.16. The molecule has 1 heterocycles. The number of ether oxygens (including phenoxy) is 1. The maximum Gasteiger partial charge on any atom is 0.325 e. The molecule has 2 atom stereocenters. The van der Waals surface area contributed by atoms with Gasteiger partial charge in [0.2, 0.25) is 0 Å². The molecule has 3 rings (SSSR count). The van der Waals surface area contributed by atoms with E-state index in [9.17, 15) is 9.90 Å². The number of allylic oxidation sites excluding steroid dienone is 3. The quantitative estimate of drug-likeness (QED) is 0.190. The Morgan fingerprint density at radius 2 is 1.91 bits per heavy atom. The molecule has 0 spiro atoms. The molecule has 5 heteroatoms. The fraction of sp³-hybridized carbons (Fsp3) is 0.633. The number of esters is 1. The van der Waals surface area contributed by atoms with Crippen LogP contribution in [0.1, 0.15) is 83.8 Å². The molecule has 1 aliphatic heterocycles. The van der Waals surface area contributed by atoms with Crippen LogP contribution in [-0.4, -0.2) is 59.6 Å². The number of carbonyl (C=O) groups is 1. The van der Waals surface area contributed by atoms with Gasteiger partial charge in [-0.15, -0.1) is 0 Å². The zero-order chi connectivity index (χ0) is 25.5. The van der Waals surface area contributed by atoms with Gasteiger partial charge in [-0.3, -0.25) is 14.6 Å². The lowest BCUT2D eigenvalue weighted by atomic mass is 9.73. The number of carbonyl (C=O) groups excluding carboxylic acids is 1. The fourth-order valence-corrected chi connectivity index (χ4v) is 5.49. The topological polar surface area (TPSA) is 53.0 Å². The van der Waals surface area contributed by atoms with Crippen molar-refractivity contribution >= 4 is 5.97 Å². The average Bonchev–Trinajstić information content (AvgIpc) is 2.79. The summed E-state index contributed by atoms with van der Waals surface area (Å²) in [4.78, 5) is 17.7. The minimum Gasteiger partial charge on any atom is -0.507 e. The normalized spacial score (nSPS) is 21.7. The first-order valence-corrected chi connectivity index (χ1v) is 13.5. The Hall–Kier alpha value is -2.11. The molecule has 35 heavy (non-hydrogen) atoms. The van der Waals surface area contributed by atoms with E-state index in [-0.39, 0.29) is 30.1 Å². The molecule has 2 aliphatic rings. The zero-order valence-electron chi connectivity index (χ0n) is 22.6. The van der Waals surface area contributed by atoms with Crippen molar-refractivity contribution in [2.75, 3.05) is 32.7 Å². The molecule has 0 aromatic heterocycles. The third-order valence-electron chi connectivity index (χ3n) is 7.68. The number of phenols is 1. The van der Waals surface area contributed by atoms with Crippen LogP contribution in [0.5, 0.6) is 11.5 Å². The number of hydrogen-bond donors (Lipinski definition) is 1. The number of nitrogens with zero attached hydrogens (tertiary/aromatic N) is 2. The van der Waals surface area contributed by atoms with Crippen LogP contribution in [0, 0.1) is 5.92 Å². The van der Waals surface area contributed by atoms with Gasteiger partial charge in [0.05, 0.1) is 6.54 Å². The van der Waals surface area contributed by atoms with Crippen LogP contribution in [0.15, 0.2) is 35.9 Å². The second-order valence-electron chi connectivity index (χ2n) is 10.9. The van der Waals surface area contributed by atoms with Gasteiger partial charge in [0.1, 0.15) is 11.5 Å². The van der Waals surface area contributed by atoms with Crippen LogP contribution in [-0.2, 0) is 11.2 Å². The first kappa shape index (κ1) is 27.5. The lowest BCUT2D eigenvalue weighted by molar-refractivity contribution is -0.136. The van der Waals surface area contributed by atoms with E-state index in [1.165, 1.54) is 5.57 Å². The largest absolute Gasteiger partial charge is 0.507 e. The maximum atomic E-state index is 13.1. The van der Waals surface area contributed by atoms with E-state index in [0.29, 0.717) is 11.8 Å². The molecule has 0 amide bonds. The molecule has 1 fully saturated rings. The number of benzene rings is 1. The van der Waals surface area contributed by atoms with Crippen molar-refractivity contribution in [3.8, 4) is 11.5 Å². The number of phenolic OH excluding ortho intramolecular Hbond substituents is 1. The minimum atomic E-state index is -0.252. The number of aryl methyl sites for hydroxylation is 1. The second-order valence-corrected chi connectivity index (χ2v) is 10.9. The van der Waals surface area contributed by atoms with E-state index in [0.717, 1.165) is 81.4 Å². The van der Waals surface area contributed by atoms with Gasteiger partial charge in [-0.2, -0.15) is 0 Å². The Bertz CT molecular complexity index is 912. The van der Waals surface area contributed by atoms with E-state index < -0.39 is 0 Å². The van der Waals surface area contributed by atoms with Crippen LogP contribution in [0.3, 0.4) is 0 Å². The summed E-state index contributed by atoms with van der Waals surface area (Å²) in [7, 11) is 0. The van der Waals surface area contributed by atoms with Crippen LogP contribution in [0.4, 0.5) is 0 Å². The average molecular weight is 483 g/mol. The lowest BCUT2D eigenvalue weighted by Gasteiger charge is -2.36. The minimum absolute atomic E-state index is 0.0386. The summed E-state index contributed by atoms with van der Waals surface area (Å²) in [6.07, 6.45) is 8.46. The van der Waals surface area contributed by atoms with Gasteiger partial charge in [-0.25, -0.2) is 0 Å². The van der Waals surface area contributed by atoms with Crippen LogP contribution < -0.4 is 4.74 Å². The lowest BCUT2D eigenvalue weighted by Crippen LogP contribution is -2.50. The van der Waals surface area contributed by atoms with Crippen molar-refractivity contribution in [3.05, 3.63) is 47.1 Å². The third-order valence-corrected chi connectivity index (χ3v) is 7.68. The summed E-state index contributed by atoms with van der Waals surface area (Å²) in [6, 6.07) is 4.39. The highest BCUT2D eigenvalue weighted by molar-refractivity contribution is 5.75. The third kappa shape index (κ3) is 7.44. The molecule has 0 bridgehead atoms. The molecule has 1 aliphatic carbocycles. The van der Waals surface area contributed by atoms with E-state index in [1.807, 2.05) is 12.1 Å². The summed E-state index contributed by atoms with van der Waals surface area (Å²) in [5, 5.41) is 11.2. The number of unbranched alkanes of at least 4 members (excludes halogenated alkanes) is 2. The molecule has 0 radical (unpaired) electrons. The predicted octanol–water partition coefficient (Wildman–Crippen LogP) is 6.07. The van der Waals surface area contributed by atoms with Gasteiger partial charge >= 0.3 is 5.97 Å². The molecule has 0 unspecified atom stereocenters. The molecule has 1 saturated heterocycles. The SMILES string of the molecule is C=C(C)[C@@H]1CCC(C)=C[C@H]1c1c(O)cc(CCCCC)cc1OC(=O)CN1CCN(C(C)C)CC1. The van der Waals surface area contributed by atoms with Crippen LogP contribution in [0.2, 0.25) is 0 Å². The highest BCUT2D eigenvalue weighted by Crippen LogP contribution is 2.47. The standard InChI is InChI=1S/C30H46N2O3/c1-7-8-9-10-24-18-27(33)30(26-17-23(6)11-12-25(26)21(2)3)28(19-24)35-29(34)20-31-13-15-32(16-14-31)22(4)5/h17-19,22,25-26,33H,2,7-16,20H2,1,3-6H3/t25-,26+/m0/s1. The van der Waals surface area contributed by atoms with Crippen molar-refractivity contribution in [2.24, 2.45) is 5.92 Å². The molecule has 1 N–H and O–H groups in total. The molecule has 0 saturated carbocycles. The van der Waals surface area contributed by atoms with E-state index >= 15 is 0 Å². The smallest absolute Gasteiger partial charge is 0.325 e. The summed E-state index contributed by atoms with van der Waals surface area (Å²) >= 11 is 0. The number of piperazine rings is 1. The van der Waals surface area contributed by atoms with Gasteiger partial charge in [0, 0.05) is 43.7 Å². The van der Waals surface area contributed by atoms with Crippen LogP contribution >= 0.6 is 0 Å². The molecular weight excluding hydrogens is 436 g/mol. The Morgan fingerprint density at radius 3 is 2.54 bits per heavy atom. The monoisotopic (exact) mass is 482 g/mol. The number of aromatic hydroxyl groups is 1. The van der Waals surface area contributed by atoms with E-state index in [2.05, 4.69) is 57.1 Å². The summed E-state index contributed by atoms with van der Waals surface area (Å²) in [5.74, 6) is 0.678. The molecular formula is C30H46N2O3. The van der Waals surface area contributed by atoms with Crippen molar-refractivity contribution in [1.29, 1.82) is 0 Å². The van der Waals surface area contributed by atoms with Crippen molar-refractivity contribution in [3.63, 3.8) is 0 Å². The van der Waals surface area contributed by atoms with Gasteiger partial charge in [-0.1, -0.05) is 43.6 Å². The predicted molar refractivity (Wildman–Crippen MR) is 144 cm³/mol. The Morgan fingerprint density at radius 1 is 1.20 bits per heavy atom. The van der Waals surface area contributed by atoms with E-state index in [4.69, 9.17) is 4.74 Å². The van der Waals surface area contributed by atoms with Crippen molar-refractivity contribution < 1.29 is 14.6 Å². The molecule has 194 valence electrons. The van der Waals surface area contributed by atoms with E-state index in [1.54, 1.807) is 0 Å². The first-order valence-electron chi connectivity index (χ1n) is 13.5. The number of rotatable bonds is 10. The summed E-state index contributed by atoms with van der Waals surface area (Å²) < 4.78 is 6.05. The Labute approximate surface area is 212 Å². The van der Waals surface area contributed by atoms with Crippen molar-refractivity contribution in [1.82, 2.24) is 9.80 Å². The summed E-state index contributed by atoms with van der Waals surface area (Å²) in [6.45, 7) is 19.0. The first-order chi connectivity index (χ1) is 16.7. The highest BCUT2D eigenvalue weighted by Gasteiger charge is 2.31. The molecule has 1 aromatic carbocycles. The second kappa shape index (κ2) is 12.7.